The summed E-state index contributed by atoms with van der Waals surface area (Å²) in [5.74, 6) is 0.534. The topological polar surface area (TPSA) is 70.7 Å². The molecular weight excluding hydrogens is 300 g/mol. The molecule has 0 aliphatic rings. The molecule has 0 radical (unpaired) electrons. The van der Waals surface area contributed by atoms with Crippen LogP contribution in [0.3, 0.4) is 0 Å². The lowest BCUT2D eigenvalue weighted by molar-refractivity contribution is 0.0931. The molecule has 3 aromatic rings. The van der Waals surface area contributed by atoms with Gasteiger partial charge in [0, 0.05) is 6.20 Å². The van der Waals surface area contributed by atoms with Crippen molar-refractivity contribution in [3.63, 3.8) is 0 Å². The van der Waals surface area contributed by atoms with E-state index in [0.717, 1.165) is 11.3 Å². The first-order valence-corrected chi connectivity index (χ1v) is 7.91. The first kappa shape index (κ1) is 15.9. The van der Waals surface area contributed by atoms with Crippen molar-refractivity contribution in [1.82, 2.24) is 20.3 Å². The molecule has 0 fully saturated rings. The highest BCUT2D eigenvalue weighted by molar-refractivity contribution is 5.92. The number of hydrogen-bond acceptors (Lipinski definition) is 3. The van der Waals surface area contributed by atoms with E-state index < -0.39 is 0 Å². The average molecular weight is 320 g/mol. The molecule has 5 nitrogen and oxygen atoms in total. The number of nitrogens with one attached hydrogen (secondary N) is 2. The Morgan fingerprint density at radius 1 is 1.12 bits per heavy atom. The van der Waals surface area contributed by atoms with Gasteiger partial charge in [-0.15, -0.1) is 0 Å². The van der Waals surface area contributed by atoms with E-state index in [-0.39, 0.29) is 11.9 Å². The maximum Gasteiger partial charge on any atom is 0.269 e. The number of nitrogens with zero attached hydrogens (tertiary/aromatic N) is 2. The van der Waals surface area contributed by atoms with Crippen molar-refractivity contribution in [2.75, 3.05) is 0 Å². The summed E-state index contributed by atoms with van der Waals surface area (Å²) in [6.07, 6.45) is 3.96. The number of rotatable bonds is 5. The number of hydrogen-bond donors (Lipinski definition) is 2. The van der Waals surface area contributed by atoms with Crippen molar-refractivity contribution in [3.8, 4) is 0 Å². The van der Waals surface area contributed by atoms with Crippen LogP contribution in [0.1, 0.15) is 39.2 Å². The molecule has 2 N–H and O–H groups in total. The normalized spacial score (nSPS) is 11.9. The molecule has 1 amide bonds. The molecule has 0 spiro atoms. The van der Waals surface area contributed by atoms with Gasteiger partial charge in [-0.25, -0.2) is 4.98 Å². The van der Waals surface area contributed by atoms with Crippen molar-refractivity contribution in [2.24, 2.45) is 0 Å². The summed E-state index contributed by atoms with van der Waals surface area (Å²) < 4.78 is 0. The highest BCUT2D eigenvalue weighted by atomic mass is 16.2. The van der Waals surface area contributed by atoms with Crippen molar-refractivity contribution < 1.29 is 4.79 Å². The Kier molecular flexibility index (Phi) is 4.70. The third kappa shape index (κ3) is 3.87. The molecule has 2 heterocycles. The number of aromatic amines is 1. The summed E-state index contributed by atoms with van der Waals surface area (Å²) in [6, 6.07) is 13.8. The van der Waals surface area contributed by atoms with Gasteiger partial charge in [0.2, 0.25) is 0 Å². The number of H-pyrrole nitrogens is 1. The standard InChI is InChI=1S/C19H20N4O/c1-13-6-8-15(9-7-13)11-17(16-5-3-4-10-20-16)23-19(24)18-12-21-14(2)22-18/h3-10,12,17H,11H2,1-2H3,(H,21,22)(H,23,24). The minimum absolute atomic E-state index is 0.182. The highest BCUT2D eigenvalue weighted by Crippen LogP contribution is 2.17. The van der Waals surface area contributed by atoms with Gasteiger partial charge in [0.15, 0.2) is 0 Å². The second kappa shape index (κ2) is 7.08. The summed E-state index contributed by atoms with van der Waals surface area (Å²) in [6.45, 7) is 3.88. The Morgan fingerprint density at radius 2 is 1.92 bits per heavy atom. The molecule has 0 saturated heterocycles. The number of benzene rings is 1. The third-order valence-electron chi connectivity index (χ3n) is 3.86. The lowest BCUT2D eigenvalue weighted by Crippen LogP contribution is -2.30. The van der Waals surface area contributed by atoms with Crippen LogP contribution in [0.25, 0.3) is 0 Å². The Bertz CT molecular complexity index is 809. The summed E-state index contributed by atoms with van der Waals surface area (Å²) in [7, 11) is 0. The van der Waals surface area contributed by atoms with Crippen molar-refractivity contribution in [2.45, 2.75) is 26.3 Å². The Labute approximate surface area is 141 Å². The molecule has 0 aliphatic carbocycles. The minimum Gasteiger partial charge on any atom is -0.342 e. The predicted molar refractivity (Wildman–Crippen MR) is 92.7 cm³/mol. The zero-order valence-corrected chi connectivity index (χ0v) is 13.8. The van der Waals surface area contributed by atoms with Crippen LogP contribution >= 0.6 is 0 Å². The maximum atomic E-state index is 12.5. The number of amides is 1. The fraction of sp³-hybridized carbons (Fsp3) is 0.211. The first-order chi connectivity index (χ1) is 11.6. The smallest absolute Gasteiger partial charge is 0.269 e. The number of pyridine rings is 1. The van der Waals surface area contributed by atoms with Crippen molar-refractivity contribution in [3.05, 3.63) is 83.2 Å². The van der Waals surface area contributed by atoms with Gasteiger partial charge >= 0.3 is 0 Å². The van der Waals surface area contributed by atoms with E-state index >= 15 is 0 Å². The zero-order valence-electron chi connectivity index (χ0n) is 13.8. The zero-order chi connectivity index (χ0) is 16.9. The number of carbonyl (C=O) groups is 1. The number of aryl methyl sites for hydroxylation is 2. The van der Waals surface area contributed by atoms with E-state index in [0.29, 0.717) is 17.9 Å². The van der Waals surface area contributed by atoms with Crippen LogP contribution in [0, 0.1) is 13.8 Å². The molecule has 0 saturated carbocycles. The quantitative estimate of drug-likeness (QED) is 0.759. The largest absolute Gasteiger partial charge is 0.342 e. The van der Waals surface area contributed by atoms with E-state index in [9.17, 15) is 4.79 Å². The van der Waals surface area contributed by atoms with Crippen LogP contribution < -0.4 is 5.32 Å². The van der Waals surface area contributed by atoms with Crippen LogP contribution in [-0.2, 0) is 6.42 Å². The van der Waals surface area contributed by atoms with Gasteiger partial charge in [-0.2, -0.15) is 0 Å². The molecule has 3 rings (SSSR count). The molecule has 1 unspecified atom stereocenters. The van der Waals surface area contributed by atoms with Crippen molar-refractivity contribution in [1.29, 1.82) is 0 Å². The molecule has 1 atom stereocenters. The van der Waals surface area contributed by atoms with Gasteiger partial charge in [0.05, 0.1) is 17.9 Å². The van der Waals surface area contributed by atoms with Crippen molar-refractivity contribution >= 4 is 5.91 Å². The lowest BCUT2D eigenvalue weighted by atomic mass is 10.0. The number of imidazole rings is 1. The summed E-state index contributed by atoms with van der Waals surface area (Å²) in [5.41, 5.74) is 3.66. The Hall–Kier alpha value is -2.95. The van der Waals surface area contributed by atoms with Gasteiger partial charge in [-0.05, 0) is 38.0 Å². The van der Waals surface area contributed by atoms with E-state index in [2.05, 4.69) is 51.5 Å². The SMILES string of the molecule is Cc1ccc(CC(NC(=O)c2cnc(C)[nH]2)c2ccccn2)cc1. The summed E-state index contributed by atoms with van der Waals surface area (Å²) >= 11 is 0. The van der Waals surface area contributed by atoms with Crippen LogP contribution in [0.15, 0.2) is 54.9 Å². The molecule has 5 heteroatoms. The van der Waals surface area contributed by atoms with Crippen LogP contribution in [0.4, 0.5) is 0 Å². The van der Waals surface area contributed by atoms with Crippen LogP contribution in [0.5, 0.6) is 0 Å². The van der Waals surface area contributed by atoms with E-state index in [1.807, 2.05) is 25.1 Å². The number of aromatic nitrogens is 3. The van der Waals surface area contributed by atoms with E-state index in [1.54, 1.807) is 12.4 Å². The van der Waals surface area contributed by atoms with E-state index in [4.69, 9.17) is 0 Å². The number of carbonyl (C=O) groups excluding carboxylic acids is 1. The van der Waals surface area contributed by atoms with Gasteiger partial charge in [-0.1, -0.05) is 35.9 Å². The molecule has 0 bridgehead atoms. The van der Waals surface area contributed by atoms with E-state index in [1.165, 1.54) is 5.56 Å². The van der Waals surface area contributed by atoms with Crippen LogP contribution in [-0.4, -0.2) is 20.9 Å². The average Bonchev–Trinajstić information content (AvgIpc) is 3.03. The second-order valence-corrected chi connectivity index (χ2v) is 5.85. The Morgan fingerprint density at radius 3 is 2.54 bits per heavy atom. The third-order valence-corrected chi connectivity index (χ3v) is 3.86. The molecule has 2 aromatic heterocycles. The van der Waals surface area contributed by atoms with Gasteiger partial charge in [0.25, 0.3) is 5.91 Å². The van der Waals surface area contributed by atoms with Gasteiger partial charge in [0.1, 0.15) is 11.5 Å². The minimum atomic E-state index is -0.204. The molecule has 122 valence electrons. The fourth-order valence-electron chi connectivity index (χ4n) is 2.54. The molecule has 24 heavy (non-hydrogen) atoms. The maximum absolute atomic E-state index is 12.5. The summed E-state index contributed by atoms with van der Waals surface area (Å²) in [4.78, 5) is 23.9. The molecule has 1 aromatic carbocycles. The summed E-state index contributed by atoms with van der Waals surface area (Å²) in [5, 5.41) is 3.05. The second-order valence-electron chi connectivity index (χ2n) is 5.85. The first-order valence-electron chi connectivity index (χ1n) is 7.91. The van der Waals surface area contributed by atoms with Gasteiger partial charge in [-0.3, -0.25) is 9.78 Å². The highest BCUT2D eigenvalue weighted by Gasteiger charge is 2.18. The molecule has 0 aliphatic heterocycles. The monoisotopic (exact) mass is 320 g/mol. The van der Waals surface area contributed by atoms with Crippen LogP contribution in [0.2, 0.25) is 0 Å². The fourth-order valence-corrected chi connectivity index (χ4v) is 2.54. The lowest BCUT2D eigenvalue weighted by Gasteiger charge is -2.18. The molecular formula is C19H20N4O. The Balaban J connectivity index is 1.82. The predicted octanol–water partition coefficient (Wildman–Crippen LogP) is 3.14. The van der Waals surface area contributed by atoms with Gasteiger partial charge < -0.3 is 10.3 Å².